The SMILES string of the molecule is Cc1c(C(C)C)nc2c(c1NC(=O)N=S(N)(=O)c1cnc(C(C)(C)O)s1)CCC2. The molecule has 2 aromatic heterocycles. The Morgan fingerprint density at radius 1 is 1.41 bits per heavy atom. The van der Waals surface area contributed by atoms with Crippen molar-refractivity contribution >= 4 is 33.0 Å². The van der Waals surface area contributed by atoms with E-state index in [1.54, 1.807) is 13.8 Å². The van der Waals surface area contributed by atoms with E-state index in [2.05, 4.69) is 28.5 Å². The molecule has 2 heterocycles. The van der Waals surface area contributed by atoms with Gasteiger partial charge in [-0.2, -0.15) is 0 Å². The number of pyridine rings is 1. The Balaban J connectivity index is 1.95. The molecule has 0 radical (unpaired) electrons. The molecule has 1 aliphatic carbocycles. The van der Waals surface area contributed by atoms with Crippen LogP contribution in [0.25, 0.3) is 0 Å². The van der Waals surface area contributed by atoms with E-state index >= 15 is 0 Å². The molecule has 3 rings (SSSR count). The second-order valence-corrected chi connectivity index (χ2v) is 11.1. The summed E-state index contributed by atoms with van der Waals surface area (Å²) in [4.78, 5) is 21.4. The number of nitrogens with two attached hydrogens (primary N) is 1. The first-order valence-corrected chi connectivity index (χ1v) is 11.9. The van der Waals surface area contributed by atoms with E-state index in [1.807, 2.05) is 6.92 Å². The number of rotatable bonds is 4. The lowest BCUT2D eigenvalue weighted by Crippen LogP contribution is -2.18. The highest BCUT2D eigenvalue weighted by Gasteiger charge is 2.25. The van der Waals surface area contributed by atoms with Gasteiger partial charge in [-0.1, -0.05) is 13.8 Å². The lowest BCUT2D eigenvalue weighted by atomic mass is 9.99. The van der Waals surface area contributed by atoms with E-state index in [-0.39, 0.29) is 10.1 Å². The van der Waals surface area contributed by atoms with Crippen molar-refractivity contribution < 1.29 is 14.1 Å². The van der Waals surface area contributed by atoms with Gasteiger partial charge >= 0.3 is 6.03 Å². The number of thiazole rings is 1. The van der Waals surface area contributed by atoms with Crippen molar-refractivity contribution in [2.45, 2.75) is 69.6 Å². The predicted octanol–water partition coefficient (Wildman–Crippen LogP) is 3.62. The van der Waals surface area contributed by atoms with Crippen LogP contribution in [0.2, 0.25) is 0 Å². The fourth-order valence-electron chi connectivity index (χ4n) is 3.41. The summed E-state index contributed by atoms with van der Waals surface area (Å²) in [7, 11) is -3.48. The molecule has 0 fully saturated rings. The Labute approximate surface area is 175 Å². The number of hydrogen-bond acceptors (Lipinski definition) is 6. The minimum absolute atomic E-state index is 0.143. The van der Waals surface area contributed by atoms with Crippen LogP contribution in [-0.2, 0) is 28.4 Å². The summed E-state index contributed by atoms with van der Waals surface area (Å²) in [5, 5.41) is 19.0. The summed E-state index contributed by atoms with van der Waals surface area (Å²) in [5.74, 6) is 0.213. The summed E-state index contributed by atoms with van der Waals surface area (Å²) in [5.41, 5.74) is 3.35. The number of anilines is 1. The van der Waals surface area contributed by atoms with Crippen LogP contribution in [0.4, 0.5) is 10.5 Å². The second-order valence-electron chi connectivity index (χ2n) is 8.06. The van der Waals surface area contributed by atoms with Gasteiger partial charge in [-0.3, -0.25) is 4.98 Å². The first-order chi connectivity index (χ1) is 13.4. The number of aryl methyl sites for hydroxylation is 1. The number of nitrogens with zero attached hydrogens (tertiary/aromatic N) is 3. The zero-order valence-corrected chi connectivity index (χ0v) is 18.9. The van der Waals surface area contributed by atoms with Crippen molar-refractivity contribution in [2.75, 3.05) is 5.32 Å². The Bertz CT molecular complexity index is 1080. The van der Waals surface area contributed by atoms with Gasteiger partial charge in [-0.15, -0.1) is 15.7 Å². The maximum atomic E-state index is 12.8. The number of carbonyl (C=O) groups excluding carboxylic acids is 1. The third-order valence-corrected chi connectivity index (χ3v) is 7.99. The van der Waals surface area contributed by atoms with Crippen molar-refractivity contribution in [3.8, 4) is 0 Å². The van der Waals surface area contributed by atoms with Crippen molar-refractivity contribution in [1.82, 2.24) is 9.97 Å². The molecule has 0 aliphatic heterocycles. The number of aromatic nitrogens is 2. The van der Waals surface area contributed by atoms with Gasteiger partial charge in [-0.05, 0) is 57.1 Å². The summed E-state index contributed by atoms with van der Waals surface area (Å²) < 4.78 is 16.7. The van der Waals surface area contributed by atoms with E-state index in [0.29, 0.717) is 10.7 Å². The quantitative estimate of drug-likeness (QED) is 0.672. The monoisotopic (exact) mass is 437 g/mol. The molecule has 0 aromatic carbocycles. The van der Waals surface area contributed by atoms with Crippen molar-refractivity contribution in [3.63, 3.8) is 0 Å². The molecule has 2 aromatic rings. The zero-order valence-electron chi connectivity index (χ0n) is 17.3. The molecule has 1 aliphatic rings. The van der Waals surface area contributed by atoms with Gasteiger partial charge in [0.05, 0.1) is 11.9 Å². The van der Waals surface area contributed by atoms with Crippen LogP contribution in [0.15, 0.2) is 14.8 Å². The molecule has 158 valence electrons. The first-order valence-electron chi connectivity index (χ1n) is 9.47. The van der Waals surface area contributed by atoms with E-state index in [0.717, 1.165) is 53.1 Å². The standard InChI is InChI=1S/C19H27N5O3S2/c1-10(2)15-11(3)16(12-7-6-8-13(12)22-15)23-18(25)24-29(20,27)14-9-21-17(28-14)19(4,5)26/h9-10,26H,6-8H2,1-5H3,(H3,20,22,23,24,25,27). The van der Waals surface area contributed by atoms with Gasteiger partial charge < -0.3 is 10.4 Å². The summed E-state index contributed by atoms with van der Waals surface area (Å²) in [6, 6.07) is -0.770. The lowest BCUT2D eigenvalue weighted by Gasteiger charge is -2.17. The zero-order chi connectivity index (χ0) is 21.6. The molecule has 0 saturated carbocycles. The number of nitrogens with one attached hydrogen (secondary N) is 1. The van der Waals surface area contributed by atoms with Gasteiger partial charge in [0.25, 0.3) is 0 Å². The number of carbonyl (C=O) groups is 1. The second kappa shape index (κ2) is 7.75. The molecule has 4 N–H and O–H groups in total. The smallest absolute Gasteiger partial charge is 0.354 e. The van der Waals surface area contributed by atoms with Crippen LogP contribution < -0.4 is 10.5 Å². The summed E-state index contributed by atoms with van der Waals surface area (Å²) in [6.45, 7) is 9.18. The number of aliphatic hydroxyl groups is 1. The van der Waals surface area contributed by atoms with Gasteiger partial charge in [0.2, 0.25) is 0 Å². The highest BCUT2D eigenvalue weighted by Crippen LogP contribution is 2.35. The third-order valence-electron chi connectivity index (χ3n) is 4.80. The van der Waals surface area contributed by atoms with Crippen LogP contribution >= 0.6 is 11.3 Å². The van der Waals surface area contributed by atoms with Crippen LogP contribution in [0.5, 0.6) is 0 Å². The molecule has 0 bridgehead atoms. The summed E-state index contributed by atoms with van der Waals surface area (Å²) >= 11 is 0.979. The number of amides is 2. The maximum absolute atomic E-state index is 12.8. The highest BCUT2D eigenvalue weighted by atomic mass is 32.2. The molecule has 2 amide bonds. The van der Waals surface area contributed by atoms with E-state index in [9.17, 15) is 14.1 Å². The predicted molar refractivity (Wildman–Crippen MR) is 114 cm³/mol. The number of hydrogen-bond donors (Lipinski definition) is 3. The third kappa shape index (κ3) is 4.50. The molecule has 0 spiro atoms. The van der Waals surface area contributed by atoms with E-state index < -0.39 is 21.5 Å². The summed E-state index contributed by atoms with van der Waals surface area (Å²) in [6.07, 6.45) is 3.99. The van der Waals surface area contributed by atoms with Gasteiger partial charge in [-0.25, -0.2) is 19.1 Å². The Hall–Kier alpha value is -1.88. The minimum atomic E-state index is -3.48. The first kappa shape index (κ1) is 21.8. The van der Waals surface area contributed by atoms with Gasteiger partial charge in [0.15, 0.2) is 9.92 Å². The highest BCUT2D eigenvalue weighted by molar-refractivity contribution is 7.93. The molecule has 8 nitrogen and oxygen atoms in total. The molecule has 29 heavy (non-hydrogen) atoms. The minimum Gasteiger partial charge on any atom is -0.383 e. The van der Waals surface area contributed by atoms with E-state index in [1.165, 1.54) is 6.20 Å². The normalized spacial score (nSPS) is 15.9. The largest absolute Gasteiger partial charge is 0.383 e. The Morgan fingerprint density at radius 2 is 2.10 bits per heavy atom. The molecule has 1 atom stereocenters. The molecule has 0 saturated heterocycles. The van der Waals surface area contributed by atoms with Gasteiger partial charge in [0.1, 0.15) is 14.8 Å². The maximum Gasteiger partial charge on any atom is 0.354 e. The fraction of sp³-hybridized carbons (Fsp3) is 0.526. The van der Waals surface area contributed by atoms with Gasteiger partial charge in [0, 0.05) is 11.4 Å². The molecular formula is C19H27N5O3S2. The van der Waals surface area contributed by atoms with Crippen LogP contribution in [0, 0.1) is 6.92 Å². The Kier molecular flexibility index (Phi) is 5.83. The van der Waals surface area contributed by atoms with Crippen LogP contribution in [0.3, 0.4) is 0 Å². The number of fused-ring (bicyclic) bond motifs is 1. The molecular weight excluding hydrogens is 410 g/mol. The topological polar surface area (TPSA) is 131 Å². The number of urea groups is 1. The molecule has 10 heteroatoms. The average molecular weight is 438 g/mol. The van der Waals surface area contributed by atoms with E-state index in [4.69, 9.17) is 10.1 Å². The fourth-order valence-corrected chi connectivity index (χ4v) is 5.47. The van der Waals surface area contributed by atoms with Crippen LogP contribution in [0.1, 0.15) is 67.6 Å². The Morgan fingerprint density at radius 3 is 2.69 bits per heavy atom. The average Bonchev–Trinajstić information content (AvgIpc) is 3.25. The van der Waals surface area contributed by atoms with Crippen molar-refractivity contribution in [3.05, 3.63) is 33.7 Å². The van der Waals surface area contributed by atoms with Crippen molar-refractivity contribution in [2.24, 2.45) is 9.50 Å². The van der Waals surface area contributed by atoms with Crippen LogP contribution in [-0.4, -0.2) is 25.3 Å². The van der Waals surface area contributed by atoms with Crippen molar-refractivity contribution in [1.29, 1.82) is 0 Å². The molecule has 1 unspecified atom stereocenters. The lowest BCUT2D eigenvalue weighted by molar-refractivity contribution is 0.0783.